The highest BCUT2D eigenvalue weighted by molar-refractivity contribution is 8.13. The van der Waals surface area contributed by atoms with E-state index in [0.29, 0.717) is 36.9 Å². The van der Waals surface area contributed by atoms with Crippen LogP contribution in [0.5, 0.6) is 5.88 Å². The van der Waals surface area contributed by atoms with E-state index in [0.717, 1.165) is 35.5 Å². The zero-order valence-electron chi connectivity index (χ0n) is 17.5. The summed E-state index contributed by atoms with van der Waals surface area (Å²) < 4.78 is 32.8. The lowest BCUT2D eigenvalue weighted by atomic mass is 10.1. The van der Waals surface area contributed by atoms with Crippen LogP contribution in [0.4, 0.5) is 20.2 Å². The molecule has 3 rings (SSSR count). The number of rotatable bonds is 6. The number of nitrogens with zero attached hydrogens (tertiary/aromatic N) is 3. The zero-order valence-corrected chi connectivity index (χ0v) is 18.4. The first-order valence-corrected chi connectivity index (χ1v) is 10.9. The first kappa shape index (κ1) is 22.3. The number of pyridine rings is 1. The number of piperazine rings is 1. The fraction of sp³-hybridized carbons (Fsp3) is 0.429. The molecule has 2 heterocycles. The standard InChI is InChI=1S/C21H26F2N4O2S/c1-5-14-8-18(20(29-3)24-13(14)2)25-27-7-6-26(12-19(27)21(28)30-4)17-10-15(22)9-16(23)11-17/h8-11,19,25H,5-7,12H2,1-4H3. The summed E-state index contributed by atoms with van der Waals surface area (Å²) in [4.78, 5) is 19.0. The minimum absolute atomic E-state index is 0.0428. The number of hydrogen-bond acceptors (Lipinski definition) is 7. The number of carbonyl (C=O) groups is 1. The van der Waals surface area contributed by atoms with E-state index < -0.39 is 17.7 Å². The smallest absolute Gasteiger partial charge is 0.238 e. The molecule has 1 aromatic carbocycles. The Labute approximate surface area is 179 Å². The largest absolute Gasteiger partial charge is 0.479 e. The third-order valence-electron chi connectivity index (χ3n) is 5.19. The van der Waals surface area contributed by atoms with Crippen molar-refractivity contribution in [2.45, 2.75) is 26.3 Å². The lowest BCUT2D eigenvalue weighted by Crippen LogP contribution is -2.58. The van der Waals surface area contributed by atoms with Crippen molar-refractivity contribution in [1.82, 2.24) is 9.99 Å². The number of hydrazine groups is 1. The predicted octanol–water partition coefficient (Wildman–Crippen LogP) is 3.65. The number of carbonyl (C=O) groups excluding carboxylic acids is 1. The molecule has 0 bridgehead atoms. The Morgan fingerprint density at radius 3 is 2.57 bits per heavy atom. The van der Waals surface area contributed by atoms with E-state index in [1.807, 2.05) is 22.9 Å². The van der Waals surface area contributed by atoms with Crippen LogP contribution >= 0.6 is 11.8 Å². The minimum atomic E-state index is -0.638. The molecule has 0 aliphatic carbocycles. The van der Waals surface area contributed by atoms with E-state index in [2.05, 4.69) is 17.3 Å². The maximum atomic E-state index is 13.7. The second kappa shape index (κ2) is 9.61. The lowest BCUT2D eigenvalue weighted by Gasteiger charge is -2.41. The van der Waals surface area contributed by atoms with Crippen molar-refractivity contribution in [3.63, 3.8) is 0 Å². The summed E-state index contributed by atoms with van der Waals surface area (Å²) in [6, 6.07) is 4.88. The van der Waals surface area contributed by atoms with Crippen LogP contribution in [-0.4, -0.2) is 54.1 Å². The van der Waals surface area contributed by atoms with Gasteiger partial charge in [-0.25, -0.2) is 18.8 Å². The summed E-state index contributed by atoms with van der Waals surface area (Å²) in [5, 5.41) is 1.80. The summed E-state index contributed by atoms with van der Waals surface area (Å²) in [6.07, 6.45) is 2.55. The number of aryl methyl sites for hydroxylation is 2. The van der Waals surface area contributed by atoms with Gasteiger partial charge >= 0.3 is 0 Å². The molecular weight excluding hydrogens is 410 g/mol. The third kappa shape index (κ3) is 4.84. The Balaban J connectivity index is 1.86. The topological polar surface area (TPSA) is 57.7 Å². The fourth-order valence-corrected chi connectivity index (χ4v) is 4.06. The van der Waals surface area contributed by atoms with E-state index in [1.165, 1.54) is 12.1 Å². The van der Waals surface area contributed by atoms with E-state index in [4.69, 9.17) is 4.74 Å². The molecule has 6 nitrogen and oxygen atoms in total. The van der Waals surface area contributed by atoms with Crippen LogP contribution in [-0.2, 0) is 11.2 Å². The molecule has 1 fully saturated rings. The monoisotopic (exact) mass is 436 g/mol. The van der Waals surface area contributed by atoms with Gasteiger partial charge in [-0.3, -0.25) is 4.79 Å². The van der Waals surface area contributed by atoms with Crippen LogP contribution in [0.3, 0.4) is 0 Å². The van der Waals surface area contributed by atoms with Gasteiger partial charge in [-0.15, -0.1) is 0 Å². The first-order chi connectivity index (χ1) is 14.4. The fourth-order valence-electron chi connectivity index (χ4n) is 3.58. The van der Waals surface area contributed by atoms with Crippen molar-refractivity contribution in [1.29, 1.82) is 0 Å². The van der Waals surface area contributed by atoms with Crippen LogP contribution in [0.1, 0.15) is 18.2 Å². The highest BCUT2D eigenvalue weighted by Gasteiger charge is 2.33. The van der Waals surface area contributed by atoms with Gasteiger partial charge < -0.3 is 15.1 Å². The molecule has 30 heavy (non-hydrogen) atoms. The van der Waals surface area contributed by atoms with Crippen LogP contribution in [0.25, 0.3) is 0 Å². The van der Waals surface area contributed by atoms with Crippen LogP contribution in [0, 0.1) is 18.6 Å². The van der Waals surface area contributed by atoms with Crippen LogP contribution in [0.2, 0.25) is 0 Å². The molecule has 1 N–H and O–H groups in total. The molecule has 0 radical (unpaired) electrons. The highest BCUT2D eigenvalue weighted by Crippen LogP contribution is 2.29. The Morgan fingerprint density at radius 2 is 1.97 bits per heavy atom. The van der Waals surface area contributed by atoms with E-state index >= 15 is 0 Å². The third-order valence-corrected chi connectivity index (χ3v) is 5.86. The number of thioether (sulfide) groups is 1. The van der Waals surface area contributed by atoms with Gasteiger partial charge in [0.15, 0.2) is 0 Å². The molecule has 0 spiro atoms. The zero-order chi connectivity index (χ0) is 21.8. The quantitative estimate of drug-likeness (QED) is 0.742. The molecule has 1 aliphatic rings. The Morgan fingerprint density at radius 1 is 1.27 bits per heavy atom. The number of aromatic nitrogens is 1. The molecule has 1 unspecified atom stereocenters. The van der Waals surface area contributed by atoms with E-state index in [1.54, 1.807) is 13.4 Å². The van der Waals surface area contributed by atoms with Gasteiger partial charge in [0.1, 0.15) is 23.4 Å². The van der Waals surface area contributed by atoms with Crippen molar-refractivity contribution >= 4 is 28.3 Å². The number of hydrogen-bond donors (Lipinski definition) is 1. The average molecular weight is 437 g/mol. The van der Waals surface area contributed by atoms with Gasteiger partial charge in [-0.05, 0) is 43.4 Å². The maximum Gasteiger partial charge on any atom is 0.238 e. The summed E-state index contributed by atoms with van der Waals surface area (Å²) in [7, 11) is 1.56. The van der Waals surface area contributed by atoms with Gasteiger partial charge in [-0.1, -0.05) is 18.7 Å². The van der Waals surface area contributed by atoms with Crippen molar-refractivity contribution in [3.8, 4) is 5.88 Å². The second-order valence-corrected chi connectivity index (χ2v) is 7.87. The Hall–Kier alpha value is -2.39. The van der Waals surface area contributed by atoms with Gasteiger partial charge in [0.25, 0.3) is 0 Å². The normalized spacial score (nSPS) is 17.1. The van der Waals surface area contributed by atoms with E-state index in [-0.39, 0.29) is 5.12 Å². The van der Waals surface area contributed by atoms with Crippen molar-refractivity contribution in [3.05, 3.63) is 47.2 Å². The number of halogens is 2. The molecule has 162 valence electrons. The Kier molecular flexibility index (Phi) is 7.14. The summed E-state index contributed by atoms with van der Waals surface area (Å²) >= 11 is 1.13. The van der Waals surface area contributed by atoms with Gasteiger partial charge in [-0.2, -0.15) is 0 Å². The van der Waals surface area contributed by atoms with Crippen molar-refractivity contribution < 1.29 is 18.3 Å². The molecule has 1 aliphatic heterocycles. The maximum absolute atomic E-state index is 13.7. The van der Waals surface area contributed by atoms with Crippen molar-refractivity contribution in [2.24, 2.45) is 0 Å². The van der Waals surface area contributed by atoms with Crippen LogP contribution < -0.4 is 15.1 Å². The van der Waals surface area contributed by atoms with Crippen LogP contribution in [0.15, 0.2) is 24.3 Å². The molecule has 0 saturated carbocycles. The van der Waals surface area contributed by atoms with Gasteiger partial charge in [0.05, 0.1) is 7.11 Å². The molecule has 0 amide bonds. The number of ether oxygens (including phenoxy) is 1. The van der Waals surface area contributed by atoms with Gasteiger partial charge in [0.2, 0.25) is 11.0 Å². The summed E-state index contributed by atoms with van der Waals surface area (Å²) in [5.74, 6) is -0.823. The summed E-state index contributed by atoms with van der Waals surface area (Å²) in [6.45, 7) is 5.25. The van der Waals surface area contributed by atoms with Gasteiger partial charge in [0, 0.05) is 37.1 Å². The number of benzene rings is 1. The SMILES string of the molecule is CCc1cc(NN2CCN(c3cc(F)cc(F)c3)CC2C(=O)SC)c(OC)nc1C. The molecular formula is C21H26F2N4O2S. The van der Waals surface area contributed by atoms with E-state index in [9.17, 15) is 13.6 Å². The minimum Gasteiger partial charge on any atom is -0.479 e. The highest BCUT2D eigenvalue weighted by atomic mass is 32.2. The molecule has 1 atom stereocenters. The predicted molar refractivity (Wildman–Crippen MR) is 116 cm³/mol. The average Bonchev–Trinajstić information content (AvgIpc) is 2.73. The molecule has 1 aromatic heterocycles. The second-order valence-electron chi connectivity index (χ2n) is 7.06. The summed E-state index contributed by atoms with van der Waals surface area (Å²) in [5.41, 5.74) is 6.39. The number of nitrogens with one attached hydrogen (secondary N) is 1. The number of methoxy groups -OCH3 is 1. The first-order valence-electron chi connectivity index (χ1n) is 9.73. The number of anilines is 2. The lowest BCUT2D eigenvalue weighted by molar-refractivity contribution is -0.115. The molecule has 9 heteroatoms. The van der Waals surface area contributed by atoms with Crippen molar-refractivity contribution in [2.75, 3.05) is 43.3 Å². The molecule has 2 aromatic rings. The Bertz CT molecular complexity index is 908. The molecule has 1 saturated heterocycles.